The van der Waals surface area contributed by atoms with Crippen molar-refractivity contribution in [3.8, 4) is 6.07 Å². The van der Waals surface area contributed by atoms with Gasteiger partial charge in [-0.1, -0.05) is 29.8 Å². The Bertz CT molecular complexity index is 943. The molecule has 9 nitrogen and oxygen atoms in total. The number of anilines is 1. The Morgan fingerprint density at radius 2 is 2.00 bits per heavy atom. The molecule has 1 fully saturated rings. The summed E-state index contributed by atoms with van der Waals surface area (Å²) in [6.07, 6.45) is 5.03. The molecule has 9 heteroatoms. The van der Waals surface area contributed by atoms with Gasteiger partial charge in [-0.05, 0) is 31.4 Å². The average Bonchev–Trinajstić information content (AvgIpc) is 2.85. The Balaban J connectivity index is 0. The third kappa shape index (κ3) is 8.36. The van der Waals surface area contributed by atoms with Crippen LogP contribution in [0.5, 0.6) is 0 Å². The van der Waals surface area contributed by atoms with Crippen molar-refractivity contribution in [3.05, 3.63) is 58.8 Å². The van der Waals surface area contributed by atoms with Crippen molar-refractivity contribution in [2.24, 2.45) is 5.92 Å². The fourth-order valence-electron chi connectivity index (χ4n) is 2.86. The zero-order valence-corrected chi connectivity index (χ0v) is 18.1. The van der Waals surface area contributed by atoms with Crippen molar-refractivity contribution in [3.63, 3.8) is 0 Å². The molecule has 1 aromatic carbocycles. The van der Waals surface area contributed by atoms with Gasteiger partial charge in [-0.2, -0.15) is 5.26 Å². The molecule has 1 aliphatic heterocycles. The molecule has 0 atom stereocenters. The second kappa shape index (κ2) is 14.0. The van der Waals surface area contributed by atoms with Crippen molar-refractivity contribution in [2.75, 3.05) is 18.8 Å². The summed E-state index contributed by atoms with van der Waals surface area (Å²) in [6.45, 7) is 5.97. The third-order valence-electron chi connectivity index (χ3n) is 4.80. The standard InChI is InChI=1S/C15H16N4O.C7H10N2O.CH2O.2H2/c1-10-2-4-11(5-3-10)8-19-15(20)13-6-12(7-16)14(17)18-9-13;8-5-7-1-3-9(6-10)4-2-7;1-2;;/h2-7,9,16H,8H2,1H3,(H2,17,18)(H,19,20);6-7H,1-4H2;1H2;2*1H. The van der Waals surface area contributed by atoms with Crippen LogP contribution in [0.25, 0.3) is 0 Å². The number of pyridine rings is 1. The number of rotatable bonds is 5. The van der Waals surface area contributed by atoms with Crippen molar-refractivity contribution in [1.82, 2.24) is 15.2 Å². The first-order valence-electron chi connectivity index (χ1n) is 9.94. The minimum atomic E-state index is -0.235. The van der Waals surface area contributed by atoms with E-state index in [1.54, 1.807) is 11.0 Å². The molecule has 172 valence electrons. The monoisotopic (exact) mass is 440 g/mol. The maximum Gasteiger partial charge on any atom is 0.253 e. The predicted octanol–water partition coefficient (Wildman–Crippen LogP) is 2.59. The quantitative estimate of drug-likeness (QED) is 0.480. The molecular weight excluding hydrogens is 408 g/mol. The lowest BCUT2D eigenvalue weighted by Crippen LogP contribution is -2.31. The number of nitrogens with one attached hydrogen (secondary N) is 2. The minimum absolute atomic E-state index is 0. The molecule has 0 unspecified atom stereocenters. The van der Waals surface area contributed by atoms with Crippen molar-refractivity contribution in [2.45, 2.75) is 26.3 Å². The summed E-state index contributed by atoms with van der Waals surface area (Å²) < 4.78 is 0. The van der Waals surface area contributed by atoms with E-state index < -0.39 is 0 Å². The number of nitrogen functional groups attached to an aromatic ring is 1. The maximum atomic E-state index is 12.0. The van der Waals surface area contributed by atoms with E-state index in [4.69, 9.17) is 21.2 Å². The van der Waals surface area contributed by atoms with E-state index in [0.29, 0.717) is 17.7 Å². The van der Waals surface area contributed by atoms with Crippen LogP contribution in [0.3, 0.4) is 0 Å². The number of nitrogens with zero attached hydrogens (tertiary/aromatic N) is 3. The Kier molecular flexibility index (Phi) is 11.4. The molecule has 0 aliphatic carbocycles. The van der Waals surface area contributed by atoms with Gasteiger partial charge in [0.1, 0.15) is 12.6 Å². The number of likely N-dealkylation sites (tertiary alicyclic amines) is 1. The van der Waals surface area contributed by atoms with Gasteiger partial charge in [-0.25, -0.2) is 4.98 Å². The highest BCUT2D eigenvalue weighted by Crippen LogP contribution is 2.14. The van der Waals surface area contributed by atoms with Crippen molar-refractivity contribution < 1.29 is 17.2 Å². The van der Waals surface area contributed by atoms with Crippen LogP contribution in [-0.4, -0.2) is 48.3 Å². The van der Waals surface area contributed by atoms with E-state index >= 15 is 0 Å². The van der Waals surface area contributed by atoms with Gasteiger partial charge in [0.15, 0.2) is 0 Å². The van der Waals surface area contributed by atoms with Gasteiger partial charge in [-0.3, -0.25) is 9.59 Å². The van der Waals surface area contributed by atoms with E-state index in [9.17, 15) is 9.59 Å². The molecule has 4 N–H and O–H groups in total. The molecule has 0 saturated carbocycles. The lowest BCUT2D eigenvalue weighted by molar-refractivity contribution is -0.119. The van der Waals surface area contributed by atoms with Crippen LogP contribution >= 0.6 is 0 Å². The van der Waals surface area contributed by atoms with Crippen molar-refractivity contribution in [1.29, 1.82) is 10.7 Å². The molecule has 1 aromatic heterocycles. The molecule has 0 radical (unpaired) electrons. The summed E-state index contributed by atoms with van der Waals surface area (Å²) in [5.74, 6) is 0.187. The molecule has 32 heavy (non-hydrogen) atoms. The summed E-state index contributed by atoms with van der Waals surface area (Å²) in [4.78, 5) is 35.8. The van der Waals surface area contributed by atoms with Gasteiger partial charge in [0.05, 0.1) is 11.6 Å². The number of aromatic nitrogens is 1. The average molecular weight is 441 g/mol. The number of hydrogen-bond acceptors (Lipinski definition) is 7. The predicted molar refractivity (Wildman–Crippen MR) is 126 cm³/mol. The van der Waals surface area contributed by atoms with Gasteiger partial charge in [-0.15, -0.1) is 0 Å². The van der Waals surface area contributed by atoms with Gasteiger partial charge in [0, 0.05) is 46.4 Å². The minimum Gasteiger partial charge on any atom is -0.383 e. The Morgan fingerprint density at radius 1 is 1.38 bits per heavy atom. The first-order chi connectivity index (χ1) is 15.5. The molecule has 2 amide bonds. The van der Waals surface area contributed by atoms with E-state index in [1.807, 2.05) is 38.0 Å². The number of carbonyl (C=O) groups excluding carboxylic acids is 3. The fourth-order valence-corrected chi connectivity index (χ4v) is 2.86. The zero-order valence-electron chi connectivity index (χ0n) is 18.1. The topological polar surface area (TPSA) is 153 Å². The lowest BCUT2D eigenvalue weighted by Gasteiger charge is -2.24. The van der Waals surface area contributed by atoms with Crippen LogP contribution in [0.2, 0.25) is 0 Å². The number of aryl methyl sites for hydroxylation is 1. The summed E-state index contributed by atoms with van der Waals surface area (Å²) in [7, 11) is 0. The molecule has 0 spiro atoms. The number of nitriles is 1. The number of carbonyl (C=O) groups is 3. The fraction of sp³-hybridized carbons (Fsp3) is 0.304. The summed E-state index contributed by atoms with van der Waals surface area (Å²) in [6, 6.07) is 11.7. The highest BCUT2D eigenvalue weighted by molar-refractivity contribution is 5.96. The maximum absolute atomic E-state index is 12.0. The number of benzene rings is 1. The van der Waals surface area contributed by atoms with Crippen LogP contribution in [0.4, 0.5) is 5.82 Å². The van der Waals surface area contributed by atoms with E-state index in [1.165, 1.54) is 11.8 Å². The first kappa shape index (κ1) is 26.0. The van der Waals surface area contributed by atoms with Crippen LogP contribution in [-0.2, 0) is 16.1 Å². The first-order valence-corrected chi connectivity index (χ1v) is 9.94. The summed E-state index contributed by atoms with van der Waals surface area (Å²) in [5, 5.41) is 18.5. The molecule has 3 rings (SSSR count). The number of piperidine rings is 1. The van der Waals surface area contributed by atoms with Gasteiger partial charge >= 0.3 is 0 Å². The lowest BCUT2D eigenvalue weighted by atomic mass is 9.99. The van der Waals surface area contributed by atoms with Crippen LogP contribution in [0, 0.1) is 29.6 Å². The van der Waals surface area contributed by atoms with E-state index in [2.05, 4.69) is 16.4 Å². The molecule has 1 saturated heterocycles. The van der Waals surface area contributed by atoms with E-state index in [-0.39, 0.29) is 20.5 Å². The number of nitrogens with two attached hydrogens (primary N) is 1. The third-order valence-corrected chi connectivity index (χ3v) is 4.80. The van der Waals surface area contributed by atoms with Crippen molar-refractivity contribution >= 4 is 31.1 Å². The highest BCUT2D eigenvalue weighted by atomic mass is 16.1. The molecular formula is C23H32N6O3. The normalized spacial score (nSPS) is 12.7. The van der Waals surface area contributed by atoms with Crippen LogP contribution < -0.4 is 11.1 Å². The Hall–Kier alpha value is -4.06. The second-order valence-electron chi connectivity index (χ2n) is 7.06. The van der Waals surface area contributed by atoms with E-state index in [0.717, 1.165) is 44.1 Å². The Labute approximate surface area is 190 Å². The number of amides is 2. The molecule has 0 bridgehead atoms. The van der Waals surface area contributed by atoms with Gasteiger partial charge in [0.25, 0.3) is 5.91 Å². The highest BCUT2D eigenvalue weighted by Gasteiger charge is 2.16. The largest absolute Gasteiger partial charge is 0.383 e. The Morgan fingerprint density at radius 3 is 2.53 bits per heavy atom. The van der Waals surface area contributed by atoms with Gasteiger partial charge in [0.2, 0.25) is 6.41 Å². The van der Waals surface area contributed by atoms with Crippen LogP contribution in [0.1, 0.15) is 42.7 Å². The molecule has 2 heterocycles. The SMILES string of the molecule is C=O.Cc1ccc(CNC(=O)c2cnc(N)c(C=N)c2)cc1.N#CC1CCN(C=O)CC1.[HH].[HH]. The second-order valence-corrected chi connectivity index (χ2v) is 7.06. The smallest absolute Gasteiger partial charge is 0.253 e. The van der Waals surface area contributed by atoms with Gasteiger partial charge < -0.3 is 26.2 Å². The molecule has 2 aromatic rings. The van der Waals surface area contributed by atoms with Crippen LogP contribution in [0.15, 0.2) is 36.5 Å². The molecule has 1 aliphatic rings. The zero-order chi connectivity index (χ0) is 23.9. The number of hydrogen-bond donors (Lipinski definition) is 3. The summed E-state index contributed by atoms with van der Waals surface area (Å²) >= 11 is 0. The summed E-state index contributed by atoms with van der Waals surface area (Å²) in [5.41, 5.74) is 8.62.